The number of allylic oxidation sites excluding steroid dienone is 1. The van der Waals surface area contributed by atoms with E-state index in [2.05, 4.69) is 0 Å². The molecule has 3 heterocycles. The van der Waals surface area contributed by atoms with Crippen molar-refractivity contribution in [3.63, 3.8) is 0 Å². The van der Waals surface area contributed by atoms with Crippen molar-refractivity contribution < 1.29 is 18.7 Å². The molecule has 32 heavy (non-hydrogen) atoms. The topological polar surface area (TPSA) is 69.0 Å². The number of carbonyl (C=O) groups is 1. The first kappa shape index (κ1) is 20.4. The van der Waals surface area contributed by atoms with Gasteiger partial charge in [-0.05, 0) is 39.0 Å². The Hall–Kier alpha value is -3.54. The fourth-order valence-corrected chi connectivity index (χ4v) is 5.20. The predicted molar refractivity (Wildman–Crippen MR) is 120 cm³/mol. The third-order valence-electron chi connectivity index (χ3n) is 6.51. The summed E-state index contributed by atoms with van der Waals surface area (Å²) in [6.07, 6.45) is 0.409. The lowest BCUT2D eigenvalue weighted by atomic mass is 9.74. The highest BCUT2D eigenvalue weighted by Gasteiger charge is 2.54. The van der Waals surface area contributed by atoms with E-state index < -0.39 is 11.4 Å². The van der Waals surface area contributed by atoms with Gasteiger partial charge in [-0.15, -0.1) is 0 Å². The molecule has 5 rings (SSSR count). The number of fused-ring (bicyclic) bond motifs is 5. The van der Waals surface area contributed by atoms with Crippen molar-refractivity contribution in [2.45, 2.75) is 38.8 Å². The molecule has 0 aliphatic carbocycles. The van der Waals surface area contributed by atoms with Gasteiger partial charge in [0.1, 0.15) is 16.9 Å². The Bertz CT molecular complexity index is 1310. The molecule has 2 aliphatic heterocycles. The van der Waals surface area contributed by atoms with Crippen molar-refractivity contribution in [2.24, 2.45) is 0 Å². The summed E-state index contributed by atoms with van der Waals surface area (Å²) in [5, 5.41) is 0.823. The van der Waals surface area contributed by atoms with E-state index in [1.165, 1.54) is 0 Å². The molecule has 0 unspecified atom stereocenters. The maximum absolute atomic E-state index is 13.2. The molecule has 3 aromatic rings. The minimum atomic E-state index is -1.08. The van der Waals surface area contributed by atoms with E-state index >= 15 is 0 Å². The normalized spacial score (nSPS) is 21.8. The Morgan fingerprint density at radius 3 is 2.69 bits per heavy atom. The lowest BCUT2D eigenvalue weighted by Crippen LogP contribution is -2.57. The zero-order valence-corrected chi connectivity index (χ0v) is 18.4. The second-order valence-electron chi connectivity index (χ2n) is 8.13. The summed E-state index contributed by atoms with van der Waals surface area (Å²) in [6, 6.07) is 17.0. The second kappa shape index (κ2) is 7.55. The van der Waals surface area contributed by atoms with Gasteiger partial charge in [0.15, 0.2) is 0 Å². The molecule has 0 amide bonds. The molecule has 0 saturated carbocycles. The van der Waals surface area contributed by atoms with Crippen LogP contribution in [0.1, 0.15) is 44.2 Å². The molecule has 0 saturated heterocycles. The Labute approximate surface area is 186 Å². The zero-order chi connectivity index (χ0) is 22.5. The van der Waals surface area contributed by atoms with E-state index in [1.807, 2.05) is 67.3 Å². The minimum Gasteiger partial charge on any atom is -0.463 e. The molecule has 6 nitrogen and oxygen atoms in total. The van der Waals surface area contributed by atoms with Crippen LogP contribution in [0.2, 0.25) is 0 Å². The van der Waals surface area contributed by atoms with Gasteiger partial charge in [0, 0.05) is 35.5 Å². The molecule has 2 bridgehead atoms. The van der Waals surface area contributed by atoms with Crippen LogP contribution in [0.5, 0.6) is 5.75 Å². The molecule has 2 aromatic carbocycles. The highest BCUT2D eigenvalue weighted by Crippen LogP contribution is 2.54. The van der Waals surface area contributed by atoms with Crippen molar-refractivity contribution in [3.05, 3.63) is 87.4 Å². The van der Waals surface area contributed by atoms with Gasteiger partial charge in [-0.2, -0.15) is 0 Å². The van der Waals surface area contributed by atoms with Crippen LogP contribution in [0.15, 0.2) is 75.1 Å². The summed E-state index contributed by atoms with van der Waals surface area (Å²) >= 11 is 0. The molecule has 0 N–H and O–H groups in total. The number of hydrogen-bond acceptors (Lipinski definition) is 6. The molecule has 0 radical (unpaired) electrons. The molecular formula is C26H25NO5. The fourth-order valence-electron chi connectivity index (χ4n) is 5.20. The van der Waals surface area contributed by atoms with Gasteiger partial charge in [-0.1, -0.05) is 36.4 Å². The van der Waals surface area contributed by atoms with Gasteiger partial charge in [-0.25, -0.2) is 9.59 Å². The third-order valence-corrected chi connectivity index (χ3v) is 6.51. The lowest BCUT2D eigenvalue weighted by molar-refractivity contribution is -0.142. The van der Waals surface area contributed by atoms with Gasteiger partial charge in [0.05, 0.1) is 12.2 Å². The molecule has 1 aromatic heterocycles. The number of esters is 1. The van der Waals surface area contributed by atoms with E-state index in [9.17, 15) is 9.59 Å². The third kappa shape index (κ3) is 2.86. The monoisotopic (exact) mass is 431 g/mol. The lowest BCUT2D eigenvalue weighted by Gasteiger charge is -2.53. The summed E-state index contributed by atoms with van der Waals surface area (Å²) in [5.74, 6) is 0.0704. The van der Waals surface area contributed by atoms with Gasteiger partial charge >= 0.3 is 11.6 Å². The van der Waals surface area contributed by atoms with Crippen molar-refractivity contribution in [1.82, 2.24) is 4.90 Å². The summed E-state index contributed by atoms with van der Waals surface area (Å²) in [6.45, 7) is 6.52. The fraction of sp³-hybridized carbons (Fsp3) is 0.308. The maximum atomic E-state index is 13.2. The molecule has 2 atom stereocenters. The summed E-state index contributed by atoms with van der Waals surface area (Å²) in [5.41, 5.74) is 1.73. The number of rotatable bonds is 4. The minimum absolute atomic E-state index is 0.257. The second-order valence-corrected chi connectivity index (χ2v) is 8.13. The SMILES string of the molecule is CCOC(=O)C1=C(C)N(CC)[C@]2(c3cc4ccccc4oc3=O)C[C@@H]1c1ccccc1O2. The van der Waals surface area contributed by atoms with Crippen LogP contribution in [-0.2, 0) is 15.3 Å². The van der Waals surface area contributed by atoms with Crippen molar-refractivity contribution in [1.29, 1.82) is 0 Å². The van der Waals surface area contributed by atoms with E-state index in [0.717, 1.165) is 16.6 Å². The summed E-state index contributed by atoms with van der Waals surface area (Å²) in [4.78, 5) is 28.3. The van der Waals surface area contributed by atoms with Crippen LogP contribution >= 0.6 is 0 Å². The van der Waals surface area contributed by atoms with Crippen LogP contribution in [0.25, 0.3) is 11.0 Å². The molecule has 0 fully saturated rings. The first-order chi connectivity index (χ1) is 15.5. The number of ether oxygens (including phenoxy) is 2. The van der Waals surface area contributed by atoms with E-state index in [0.29, 0.717) is 42.0 Å². The molecule has 6 heteroatoms. The van der Waals surface area contributed by atoms with E-state index in [-0.39, 0.29) is 11.9 Å². The Morgan fingerprint density at radius 2 is 1.91 bits per heavy atom. The maximum Gasteiger partial charge on any atom is 0.345 e. The number of hydrogen-bond donors (Lipinski definition) is 0. The largest absolute Gasteiger partial charge is 0.463 e. The average Bonchev–Trinajstić information content (AvgIpc) is 2.79. The van der Waals surface area contributed by atoms with Crippen LogP contribution < -0.4 is 10.4 Å². The smallest absolute Gasteiger partial charge is 0.345 e. The number of nitrogens with zero attached hydrogens (tertiary/aromatic N) is 1. The Kier molecular flexibility index (Phi) is 4.81. The van der Waals surface area contributed by atoms with Gasteiger partial charge < -0.3 is 18.8 Å². The van der Waals surface area contributed by atoms with Crippen molar-refractivity contribution >= 4 is 16.9 Å². The highest BCUT2D eigenvalue weighted by atomic mass is 16.5. The molecular weight excluding hydrogens is 406 g/mol. The summed E-state index contributed by atoms with van der Waals surface area (Å²) in [7, 11) is 0. The average molecular weight is 431 g/mol. The molecule has 164 valence electrons. The van der Waals surface area contributed by atoms with Crippen LogP contribution in [0, 0.1) is 0 Å². The van der Waals surface area contributed by atoms with Gasteiger partial charge in [0.2, 0.25) is 5.72 Å². The first-order valence-electron chi connectivity index (χ1n) is 11.0. The van der Waals surface area contributed by atoms with Crippen LogP contribution in [0.3, 0.4) is 0 Å². The Balaban J connectivity index is 1.80. The van der Waals surface area contributed by atoms with E-state index in [4.69, 9.17) is 13.9 Å². The summed E-state index contributed by atoms with van der Waals surface area (Å²) < 4.78 is 17.8. The quantitative estimate of drug-likeness (QED) is 0.441. The highest BCUT2D eigenvalue weighted by molar-refractivity contribution is 5.92. The van der Waals surface area contributed by atoms with E-state index in [1.54, 1.807) is 13.0 Å². The van der Waals surface area contributed by atoms with Crippen molar-refractivity contribution in [2.75, 3.05) is 13.2 Å². The standard InChI is InChI=1S/C26H25NO5/c1-4-27-16(3)23(25(29)30-5-2)19-15-26(27,32-22-13-9-7-11-18(19)22)20-14-17-10-6-8-12-21(17)31-24(20)28/h6-14,19H,4-5,15H2,1-3H3/t19-,26-/m1/s1. The number of carbonyl (C=O) groups excluding carboxylic acids is 1. The van der Waals surface area contributed by atoms with Crippen molar-refractivity contribution in [3.8, 4) is 5.75 Å². The molecule has 0 spiro atoms. The predicted octanol–water partition coefficient (Wildman–Crippen LogP) is 4.68. The zero-order valence-electron chi connectivity index (χ0n) is 18.4. The van der Waals surface area contributed by atoms with Crippen LogP contribution in [0.4, 0.5) is 0 Å². The number of para-hydroxylation sites is 2. The van der Waals surface area contributed by atoms with Gasteiger partial charge in [0.25, 0.3) is 0 Å². The Morgan fingerprint density at radius 1 is 1.16 bits per heavy atom. The molecule has 2 aliphatic rings. The number of benzene rings is 2. The van der Waals surface area contributed by atoms with Crippen LogP contribution in [-0.4, -0.2) is 24.0 Å². The first-order valence-corrected chi connectivity index (χ1v) is 11.0. The van der Waals surface area contributed by atoms with Gasteiger partial charge in [-0.3, -0.25) is 0 Å².